The molecule has 5 rings (SSSR count). The Kier molecular flexibility index (Phi) is 3.69. The van der Waals surface area contributed by atoms with E-state index in [1.54, 1.807) is 0 Å². The van der Waals surface area contributed by atoms with Crippen LogP contribution in [0.3, 0.4) is 0 Å². The molecule has 5 nitrogen and oxygen atoms in total. The van der Waals surface area contributed by atoms with Gasteiger partial charge in [0, 0.05) is 11.3 Å². The predicted octanol–water partition coefficient (Wildman–Crippen LogP) is 5.09. The Morgan fingerprint density at radius 2 is 1.59 bits per heavy atom. The molecule has 6 heteroatoms. The number of hydrogen-bond donors (Lipinski definition) is 2. The van der Waals surface area contributed by atoms with Crippen LogP contribution in [0.1, 0.15) is 9.80 Å². The molecule has 0 radical (unpaired) electrons. The second-order valence-corrected chi connectivity index (χ2v) is 7.15. The zero-order chi connectivity index (χ0) is 18.2. The number of carbonyl (C=O) groups excluding carboxylic acids is 1. The van der Waals surface area contributed by atoms with Gasteiger partial charge in [-0.3, -0.25) is 4.79 Å². The molecule has 0 aliphatic carbocycles. The van der Waals surface area contributed by atoms with E-state index in [1.165, 1.54) is 11.3 Å². The quantitative estimate of drug-likeness (QED) is 0.465. The van der Waals surface area contributed by atoms with Gasteiger partial charge in [-0.2, -0.15) is 0 Å². The largest absolute Gasteiger partial charge is 0.338 e. The monoisotopic (exact) mass is 370 g/mol. The predicted molar refractivity (Wildman–Crippen MR) is 109 cm³/mol. The number of imidazole rings is 1. The SMILES string of the molecule is O=C(Nc1ccc(-c2nc3ccccc3[nH]2)cc1)c1nc2ccccc2s1. The number of benzene rings is 3. The molecule has 0 saturated heterocycles. The number of H-pyrrole nitrogens is 1. The average Bonchev–Trinajstić information content (AvgIpc) is 3.32. The Morgan fingerprint density at radius 3 is 2.37 bits per heavy atom. The van der Waals surface area contributed by atoms with E-state index in [0.717, 1.165) is 38.3 Å². The highest BCUT2D eigenvalue weighted by atomic mass is 32.1. The van der Waals surface area contributed by atoms with E-state index in [-0.39, 0.29) is 5.91 Å². The Labute approximate surface area is 158 Å². The summed E-state index contributed by atoms with van der Waals surface area (Å²) in [5.41, 5.74) is 4.46. The van der Waals surface area contributed by atoms with Crippen LogP contribution in [0.25, 0.3) is 32.6 Å². The van der Waals surface area contributed by atoms with E-state index in [9.17, 15) is 4.79 Å². The van der Waals surface area contributed by atoms with Gasteiger partial charge in [0.2, 0.25) is 0 Å². The first-order chi connectivity index (χ1) is 13.3. The third-order valence-electron chi connectivity index (χ3n) is 4.29. The lowest BCUT2D eigenvalue weighted by molar-refractivity contribution is 0.102. The maximum absolute atomic E-state index is 12.5. The highest BCUT2D eigenvalue weighted by Crippen LogP contribution is 2.24. The molecule has 27 heavy (non-hydrogen) atoms. The van der Waals surface area contributed by atoms with Crippen LogP contribution in [0.15, 0.2) is 72.8 Å². The van der Waals surface area contributed by atoms with E-state index in [2.05, 4.69) is 20.3 Å². The van der Waals surface area contributed by atoms with Crippen molar-refractivity contribution in [3.8, 4) is 11.4 Å². The standard InChI is InChI=1S/C21H14N4OS/c26-20(21-25-17-7-3-4-8-18(17)27-21)22-14-11-9-13(10-12-14)19-23-15-5-1-2-6-16(15)24-19/h1-12H,(H,22,26)(H,23,24). The zero-order valence-electron chi connectivity index (χ0n) is 14.1. The fourth-order valence-corrected chi connectivity index (χ4v) is 3.82. The molecule has 0 saturated carbocycles. The van der Waals surface area contributed by atoms with Gasteiger partial charge in [-0.05, 0) is 48.5 Å². The number of thiazole rings is 1. The first-order valence-corrected chi connectivity index (χ1v) is 9.30. The summed E-state index contributed by atoms with van der Waals surface area (Å²) >= 11 is 1.39. The molecule has 0 atom stereocenters. The highest BCUT2D eigenvalue weighted by Gasteiger charge is 2.12. The fraction of sp³-hybridized carbons (Fsp3) is 0. The number of carbonyl (C=O) groups is 1. The third-order valence-corrected chi connectivity index (χ3v) is 5.33. The van der Waals surface area contributed by atoms with Crippen molar-refractivity contribution in [2.45, 2.75) is 0 Å². The summed E-state index contributed by atoms with van der Waals surface area (Å²) in [6, 6.07) is 23.3. The van der Waals surface area contributed by atoms with Crippen LogP contribution in [0, 0.1) is 0 Å². The molecule has 0 aliphatic heterocycles. The molecule has 130 valence electrons. The summed E-state index contributed by atoms with van der Waals surface area (Å²) in [6.45, 7) is 0. The van der Waals surface area contributed by atoms with Gasteiger partial charge in [-0.1, -0.05) is 24.3 Å². The number of anilines is 1. The number of para-hydroxylation sites is 3. The van der Waals surface area contributed by atoms with E-state index >= 15 is 0 Å². The van der Waals surface area contributed by atoms with Crippen molar-refractivity contribution in [3.05, 3.63) is 77.8 Å². The van der Waals surface area contributed by atoms with E-state index in [0.29, 0.717) is 5.01 Å². The van der Waals surface area contributed by atoms with Crippen LogP contribution in [-0.2, 0) is 0 Å². The van der Waals surface area contributed by atoms with Crippen molar-refractivity contribution in [2.24, 2.45) is 0 Å². The number of aromatic nitrogens is 3. The number of nitrogens with zero attached hydrogens (tertiary/aromatic N) is 2. The van der Waals surface area contributed by atoms with Crippen molar-refractivity contribution in [1.82, 2.24) is 15.0 Å². The minimum absolute atomic E-state index is 0.201. The molecule has 1 amide bonds. The summed E-state index contributed by atoms with van der Waals surface area (Å²) in [4.78, 5) is 24.8. The van der Waals surface area contributed by atoms with Gasteiger partial charge in [-0.25, -0.2) is 9.97 Å². The molecule has 2 heterocycles. The van der Waals surface area contributed by atoms with E-state index < -0.39 is 0 Å². The molecule has 0 unspecified atom stereocenters. The molecule has 0 fully saturated rings. The second kappa shape index (κ2) is 6.34. The van der Waals surface area contributed by atoms with Crippen molar-refractivity contribution in [1.29, 1.82) is 0 Å². The lowest BCUT2D eigenvalue weighted by atomic mass is 10.2. The second-order valence-electron chi connectivity index (χ2n) is 6.12. The summed E-state index contributed by atoms with van der Waals surface area (Å²) < 4.78 is 1.00. The lowest BCUT2D eigenvalue weighted by Gasteiger charge is -2.04. The number of rotatable bonds is 3. The minimum atomic E-state index is -0.201. The normalized spacial score (nSPS) is 11.1. The number of amides is 1. The maximum Gasteiger partial charge on any atom is 0.284 e. The fourth-order valence-electron chi connectivity index (χ4n) is 2.95. The van der Waals surface area contributed by atoms with Gasteiger partial charge in [0.1, 0.15) is 5.82 Å². The molecule has 0 bridgehead atoms. The van der Waals surface area contributed by atoms with E-state index in [4.69, 9.17) is 0 Å². The van der Waals surface area contributed by atoms with Crippen molar-refractivity contribution in [3.63, 3.8) is 0 Å². The van der Waals surface area contributed by atoms with Gasteiger partial charge >= 0.3 is 0 Å². The van der Waals surface area contributed by atoms with Crippen LogP contribution < -0.4 is 5.32 Å². The van der Waals surface area contributed by atoms with Gasteiger partial charge in [0.25, 0.3) is 5.91 Å². The average molecular weight is 370 g/mol. The molecule has 0 spiro atoms. The van der Waals surface area contributed by atoms with Crippen LogP contribution in [0.2, 0.25) is 0 Å². The number of hydrogen-bond acceptors (Lipinski definition) is 4. The lowest BCUT2D eigenvalue weighted by Crippen LogP contribution is -2.11. The Bertz CT molecular complexity index is 1200. The summed E-state index contributed by atoms with van der Waals surface area (Å²) in [5.74, 6) is 0.605. The van der Waals surface area contributed by atoms with Gasteiger partial charge in [0.15, 0.2) is 5.01 Å². The molecule has 0 aliphatic rings. The van der Waals surface area contributed by atoms with Crippen LogP contribution >= 0.6 is 11.3 Å². The molecule has 3 aromatic carbocycles. The van der Waals surface area contributed by atoms with Crippen molar-refractivity contribution < 1.29 is 4.79 Å². The van der Waals surface area contributed by atoms with Crippen molar-refractivity contribution >= 4 is 44.2 Å². The Hall–Kier alpha value is -3.51. The van der Waals surface area contributed by atoms with E-state index in [1.807, 2.05) is 72.8 Å². The Balaban J connectivity index is 1.37. The van der Waals surface area contributed by atoms with Crippen molar-refractivity contribution in [2.75, 3.05) is 5.32 Å². The molecular weight excluding hydrogens is 356 g/mol. The van der Waals surface area contributed by atoms with Gasteiger partial charge < -0.3 is 10.3 Å². The summed E-state index contributed by atoms with van der Waals surface area (Å²) in [7, 11) is 0. The maximum atomic E-state index is 12.5. The van der Waals surface area contributed by atoms with Crippen LogP contribution in [0.5, 0.6) is 0 Å². The summed E-state index contributed by atoms with van der Waals surface area (Å²) in [6.07, 6.45) is 0. The first-order valence-electron chi connectivity index (χ1n) is 8.48. The molecular formula is C21H14N4OS. The highest BCUT2D eigenvalue weighted by molar-refractivity contribution is 7.20. The first kappa shape index (κ1) is 15.7. The third kappa shape index (κ3) is 2.96. The molecule has 2 aromatic heterocycles. The number of nitrogens with one attached hydrogen (secondary N) is 2. The Morgan fingerprint density at radius 1 is 0.852 bits per heavy atom. The smallest absolute Gasteiger partial charge is 0.284 e. The zero-order valence-corrected chi connectivity index (χ0v) is 15.0. The number of aromatic amines is 1. The molecule has 2 N–H and O–H groups in total. The van der Waals surface area contributed by atoms with Gasteiger partial charge in [-0.15, -0.1) is 11.3 Å². The minimum Gasteiger partial charge on any atom is -0.338 e. The van der Waals surface area contributed by atoms with Gasteiger partial charge in [0.05, 0.1) is 21.3 Å². The summed E-state index contributed by atoms with van der Waals surface area (Å²) in [5, 5.41) is 3.36. The topological polar surface area (TPSA) is 70.7 Å². The van der Waals surface area contributed by atoms with Crippen LogP contribution in [0.4, 0.5) is 5.69 Å². The number of fused-ring (bicyclic) bond motifs is 2. The van der Waals surface area contributed by atoms with Crippen LogP contribution in [-0.4, -0.2) is 20.9 Å². The molecule has 5 aromatic rings.